The number of amides is 1. The van der Waals surface area contributed by atoms with E-state index in [9.17, 15) is 4.79 Å². The Morgan fingerprint density at radius 1 is 1.16 bits per heavy atom. The number of aromatic nitrogens is 3. The van der Waals surface area contributed by atoms with Crippen LogP contribution in [0.3, 0.4) is 0 Å². The third-order valence-electron chi connectivity index (χ3n) is 5.00. The normalized spacial score (nSPS) is 10.8. The highest BCUT2D eigenvalue weighted by Crippen LogP contribution is 2.34. The van der Waals surface area contributed by atoms with Gasteiger partial charge in [0.1, 0.15) is 12.1 Å². The van der Waals surface area contributed by atoms with Crippen LogP contribution in [0.25, 0.3) is 22.4 Å². The maximum absolute atomic E-state index is 12.8. The Balaban J connectivity index is 1.98. The fourth-order valence-electron chi connectivity index (χ4n) is 3.35. The maximum atomic E-state index is 12.8. The average Bonchev–Trinajstić information content (AvgIpc) is 2.78. The van der Waals surface area contributed by atoms with Crippen LogP contribution in [-0.4, -0.2) is 53.1 Å². The Hall–Kier alpha value is -3.03. The van der Waals surface area contributed by atoms with E-state index in [-0.39, 0.29) is 5.91 Å². The first-order chi connectivity index (χ1) is 15.0. The fraction of sp³-hybridized carbons (Fsp3) is 0.304. The van der Waals surface area contributed by atoms with E-state index in [4.69, 9.17) is 22.1 Å². The summed E-state index contributed by atoms with van der Waals surface area (Å²) < 4.78 is 5.05. The number of hydrogen-bond donors (Lipinski definition) is 1. The van der Waals surface area contributed by atoms with Gasteiger partial charge in [-0.25, -0.2) is 15.0 Å². The number of carbonyl (C=O) groups is 1. The molecule has 0 radical (unpaired) electrons. The van der Waals surface area contributed by atoms with Crippen molar-refractivity contribution in [3.63, 3.8) is 0 Å². The number of nitrogen functional groups attached to an aromatic ring is 1. The summed E-state index contributed by atoms with van der Waals surface area (Å²) in [7, 11) is 3.40. The summed E-state index contributed by atoms with van der Waals surface area (Å²) in [5, 5.41) is 0.374. The smallest absolute Gasteiger partial charge is 0.255 e. The number of nitrogens with two attached hydrogens (primary N) is 1. The number of anilines is 1. The Labute approximate surface area is 187 Å². The standard InChI is InChI=1S/C23H26ClN5O2/c1-4-19-21(16-7-9-20(25)26-13-16)22(28-14-27-19)15-6-8-17(18(24)12-15)23(30)29(2)10-5-11-31-3/h6-9,12-14H,4-5,10-11H2,1-3H3,(H2,25,26). The first-order valence-corrected chi connectivity index (χ1v) is 10.4. The van der Waals surface area contributed by atoms with Crippen LogP contribution in [0, 0.1) is 0 Å². The molecular weight excluding hydrogens is 414 g/mol. The SMILES string of the molecule is CCc1ncnc(-c2ccc(C(=O)N(C)CCCOC)c(Cl)c2)c1-c1ccc(N)nc1. The molecule has 3 aromatic rings. The topological polar surface area (TPSA) is 94.2 Å². The highest BCUT2D eigenvalue weighted by molar-refractivity contribution is 6.34. The first-order valence-electron chi connectivity index (χ1n) is 10.1. The molecule has 0 aliphatic rings. The number of benzene rings is 1. The van der Waals surface area contributed by atoms with Crippen LogP contribution in [0.5, 0.6) is 0 Å². The van der Waals surface area contributed by atoms with E-state index in [1.807, 2.05) is 19.1 Å². The molecule has 3 rings (SSSR count). The predicted octanol–water partition coefficient (Wildman–Crippen LogP) is 4.11. The van der Waals surface area contributed by atoms with Crippen molar-refractivity contribution in [2.75, 3.05) is 33.0 Å². The monoisotopic (exact) mass is 439 g/mol. The number of nitrogens with zero attached hydrogens (tertiary/aromatic N) is 4. The number of pyridine rings is 1. The molecule has 31 heavy (non-hydrogen) atoms. The molecule has 1 aromatic carbocycles. The summed E-state index contributed by atoms with van der Waals surface area (Å²) in [6, 6.07) is 9.02. The zero-order valence-corrected chi connectivity index (χ0v) is 18.7. The predicted molar refractivity (Wildman–Crippen MR) is 123 cm³/mol. The minimum absolute atomic E-state index is 0.132. The zero-order valence-electron chi connectivity index (χ0n) is 17.9. The van der Waals surface area contributed by atoms with Gasteiger partial charge in [-0.1, -0.05) is 24.6 Å². The van der Waals surface area contributed by atoms with Crippen molar-refractivity contribution in [2.45, 2.75) is 19.8 Å². The van der Waals surface area contributed by atoms with Crippen LogP contribution in [0.4, 0.5) is 5.82 Å². The molecule has 0 aliphatic carbocycles. The third-order valence-corrected chi connectivity index (χ3v) is 5.31. The maximum Gasteiger partial charge on any atom is 0.255 e. The Morgan fingerprint density at radius 2 is 1.94 bits per heavy atom. The number of methoxy groups -OCH3 is 1. The van der Waals surface area contributed by atoms with E-state index in [1.54, 1.807) is 49.8 Å². The molecule has 0 unspecified atom stereocenters. The number of carbonyl (C=O) groups excluding carboxylic acids is 1. The van der Waals surface area contributed by atoms with Crippen LogP contribution in [0.1, 0.15) is 29.4 Å². The van der Waals surface area contributed by atoms with Crippen molar-refractivity contribution in [3.8, 4) is 22.4 Å². The minimum Gasteiger partial charge on any atom is -0.385 e. The molecule has 0 bridgehead atoms. The fourth-order valence-corrected chi connectivity index (χ4v) is 3.62. The van der Waals surface area contributed by atoms with Gasteiger partial charge < -0.3 is 15.4 Å². The number of ether oxygens (including phenoxy) is 1. The van der Waals surface area contributed by atoms with Crippen LogP contribution in [-0.2, 0) is 11.2 Å². The van der Waals surface area contributed by atoms with Gasteiger partial charge in [0.2, 0.25) is 0 Å². The largest absolute Gasteiger partial charge is 0.385 e. The van der Waals surface area contributed by atoms with Crippen molar-refractivity contribution in [1.29, 1.82) is 0 Å². The van der Waals surface area contributed by atoms with E-state index >= 15 is 0 Å². The second kappa shape index (κ2) is 10.3. The van der Waals surface area contributed by atoms with Crippen molar-refractivity contribution >= 4 is 23.3 Å². The Bertz CT molecular complexity index is 1060. The van der Waals surface area contributed by atoms with Crippen molar-refractivity contribution in [3.05, 3.63) is 59.1 Å². The van der Waals surface area contributed by atoms with Crippen LogP contribution in [0.15, 0.2) is 42.9 Å². The summed E-state index contributed by atoms with van der Waals surface area (Å²) >= 11 is 6.53. The lowest BCUT2D eigenvalue weighted by Crippen LogP contribution is -2.28. The summed E-state index contributed by atoms with van der Waals surface area (Å²) in [6.45, 7) is 3.22. The second-order valence-corrected chi connectivity index (χ2v) is 7.54. The molecule has 0 saturated heterocycles. The number of rotatable bonds is 8. The van der Waals surface area contributed by atoms with Gasteiger partial charge >= 0.3 is 0 Å². The molecule has 0 fully saturated rings. The summed E-state index contributed by atoms with van der Waals surface area (Å²) in [4.78, 5) is 27.6. The highest BCUT2D eigenvalue weighted by atomic mass is 35.5. The average molecular weight is 440 g/mol. The lowest BCUT2D eigenvalue weighted by atomic mass is 9.97. The van der Waals surface area contributed by atoms with Gasteiger partial charge in [-0.2, -0.15) is 0 Å². The third kappa shape index (κ3) is 5.18. The van der Waals surface area contributed by atoms with E-state index in [1.165, 1.54) is 0 Å². The quantitative estimate of drug-likeness (QED) is 0.531. The first kappa shape index (κ1) is 22.7. The second-order valence-electron chi connectivity index (χ2n) is 7.14. The van der Waals surface area contributed by atoms with Gasteiger partial charge in [-0.15, -0.1) is 0 Å². The molecule has 2 N–H and O–H groups in total. The number of hydrogen-bond acceptors (Lipinski definition) is 6. The summed E-state index contributed by atoms with van der Waals surface area (Å²) in [5.74, 6) is 0.313. The molecule has 0 atom stereocenters. The van der Waals surface area contributed by atoms with Crippen LogP contribution in [0.2, 0.25) is 5.02 Å². The summed E-state index contributed by atoms with van der Waals surface area (Å²) in [6.07, 6.45) is 4.74. The molecule has 2 aromatic heterocycles. The van der Waals surface area contributed by atoms with Gasteiger partial charge in [-0.3, -0.25) is 4.79 Å². The van der Waals surface area contributed by atoms with Gasteiger partial charge in [-0.05, 0) is 37.1 Å². The van der Waals surface area contributed by atoms with Crippen molar-refractivity contribution < 1.29 is 9.53 Å². The van der Waals surface area contributed by atoms with Crippen LogP contribution < -0.4 is 5.73 Å². The van der Waals surface area contributed by atoms with E-state index in [0.29, 0.717) is 29.6 Å². The molecule has 1 amide bonds. The summed E-state index contributed by atoms with van der Waals surface area (Å²) in [5.41, 5.74) is 10.4. The Kier molecular flexibility index (Phi) is 7.55. The molecule has 0 saturated carbocycles. The Morgan fingerprint density at radius 3 is 2.58 bits per heavy atom. The lowest BCUT2D eigenvalue weighted by Gasteiger charge is -2.18. The number of halogens is 1. The molecule has 8 heteroatoms. The molecule has 2 heterocycles. The lowest BCUT2D eigenvalue weighted by molar-refractivity contribution is 0.0779. The van der Waals surface area contributed by atoms with E-state index in [0.717, 1.165) is 40.9 Å². The minimum atomic E-state index is -0.132. The molecule has 0 aliphatic heterocycles. The molecular formula is C23H26ClN5O2. The molecule has 162 valence electrons. The van der Waals surface area contributed by atoms with E-state index < -0.39 is 0 Å². The van der Waals surface area contributed by atoms with Gasteiger partial charge in [0.05, 0.1) is 22.0 Å². The molecule has 7 nitrogen and oxygen atoms in total. The zero-order chi connectivity index (χ0) is 22.4. The van der Waals surface area contributed by atoms with Crippen molar-refractivity contribution in [2.24, 2.45) is 0 Å². The van der Waals surface area contributed by atoms with Gasteiger partial charge in [0, 0.05) is 50.2 Å². The van der Waals surface area contributed by atoms with Crippen LogP contribution >= 0.6 is 11.6 Å². The highest BCUT2D eigenvalue weighted by Gasteiger charge is 2.19. The van der Waals surface area contributed by atoms with Gasteiger partial charge in [0.15, 0.2) is 0 Å². The van der Waals surface area contributed by atoms with Gasteiger partial charge in [0.25, 0.3) is 5.91 Å². The van der Waals surface area contributed by atoms with E-state index in [2.05, 4.69) is 15.0 Å². The molecule has 0 spiro atoms. The number of aryl methyl sites for hydroxylation is 1. The van der Waals surface area contributed by atoms with Crippen molar-refractivity contribution in [1.82, 2.24) is 19.9 Å².